The molecule has 4 aromatic heterocycles. The van der Waals surface area contributed by atoms with Crippen LogP contribution < -0.4 is 15.4 Å². The van der Waals surface area contributed by atoms with Crippen LogP contribution in [-0.4, -0.2) is 50.3 Å². The first-order chi connectivity index (χ1) is 15.9. The lowest BCUT2D eigenvalue weighted by molar-refractivity contribution is 0.0964. The zero-order valence-electron chi connectivity index (χ0n) is 19.4. The average molecular weight is 448 g/mol. The standard InChI is InChI=1S/C24H29N7O2/c1-24(2)9-5-16(6-10-24)27-23-28-22(33-4)20-17(8-12-31(20)29-23)15-7-11-30-19(13-15)18(14-26-30)21(32)25-3/h7-8,11-14,16H,5-6,9-10H2,1-4H3,(H,25,32)(H,27,29). The molecular weight excluding hydrogens is 418 g/mol. The summed E-state index contributed by atoms with van der Waals surface area (Å²) in [6.45, 7) is 4.66. The van der Waals surface area contributed by atoms with E-state index in [4.69, 9.17) is 9.84 Å². The average Bonchev–Trinajstić information content (AvgIpc) is 3.43. The minimum Gasteiger partial charge on any atom is -0.479 e. The van der Waals surface area contributed by atoms with Gasteiger partial charge < -0.3 is 15.4 Å². The highest BCUT2D eigenvalue weighted by atomic mass is 16.5. The number of rotatable bonds is 5. The number of amides is 1. The van der Waals surface area contributed by atoms with E-state index in [0.717, 1.165) is 35.0 Å². The predicted molar refractivity (Wildman–Crippen MR) is 127 cm³/mol. The van der Waals surface area contributed by atoms with Gasteiger partial charge in [-0.2, -0.15) is 10.1 Å². The van der Waals surface area contributed by atoms with Gasteiger partial charge in [-0.3, -0.25) is 4.79 Å². The first-order valence-corrected chi connectivity index (χ1v) is 11.3. The number of fused-ring (bicyclic) bond motifs is 2. The highest BCUT2D eigenvalue weighted by Crippen LogP contribution is 2.36. The molecule has 0 atom stereocenters. The molecule has 1 fully saturated rings. The molecule has 0 radical (unpaired) electrons. The zero-order valence-corrected chi connectivity index (χ0v) is 19.4. The Hall–Kier alpha value is -3.62. The molecule has 2 N–H and O–H groups in total. The molecule has 172 valence electrons. The number of hydrogen-bond acceptors (Lipinski definition) is 6. The van der Waals surface area contributed by atoms with Crippen molar-refractivity contribution in [1.29, 1.82) is 0 Å². The molecule has 1 amide bonds. The second-order valence-electron chi connectivity index (χ2n) is 9.43. The van der Waals surface area contributed by atoms with Gasteiger partial charge in [-0.25, -0.2) is 9.03 Å². The van der Waals surface area contributed by atoms with Gasteiger partial charge in [0, 0.05) is 31.0 Å². The van der Waals surface area contributed by atoms with Crippen molar-refractivity contribution in [3.8, 4) is 17.0 Å². The van der Waals surface area contributed by atoms with Crippen molar-refractivity contribution < 1.29 is 9.53 Å². The fourth-order valence-corrected chi connectivity index (χ4v) is 4.61. The summed E-state index contributed by atoms with van der Waals surface area (Å²) in [5.41, 5.74) is 4.28. The van der Waals surface area contributed by atoms with Gasteiger partial charge in [0.25, 0.3) is 5.91 Å². The van der Waals surface area contributed by atoms with Crippen LogP contribution in [0.25, 0.3) is 22.2 Å². The van der Waals surface area contributed by atoms with E-state index in [1.54, 1.807) is 29.4 Å². The van der Waals surface area contributed by atoms with Crippen molar-refractivity contribution >= 4 is 22.9 Å². The smallest absolute Gasteiger partial charge is 0.254 e. The topological polar surface area (TPSA) is 97.9 Å². The van der Waals surface area contributed by atoms with Crippen LogP contribution in [0.4, 0.5) is 5.95 Å². The van der Waals surface area contributed by atoms with Crippen LogP contribution in [0.3, 0.4) is 0 Å². The molecule has 1 aliphatic carbocycles. The number of pyridine rings is 1. The molecule has 5 rings (SSSR count). The second kappa shape index (κ2) is 8.06. The van der Waals surface area contributed by atoms with Crippen LogP contribution in [0.5, 0.6) is 5.88 Å². The monoisotopic (exact) mass is 447 g/mol. The number of hydrogen-bond donors (Lipinski definition) is 2. The minimum atomic E-state index is -0.174. The Bertz CT molecular complexity index is 1330. The third-order valence-electron chi connectivity index (χ3n) is 6.65. The summed E-state index contributed by atoms with van der Waals surface area (Å²) in [7, 11) is 3.23. The van der Waals surface area contributed by atoms with E-state index >= 15 is 0 Å². The van der Waals surface area contributed by atoms with Gasteiger partial charge in [0.1, 0.15) is 5.52 Å². The molecule has 4 aromatic rings. The highest BCUT2D eigenvalue weighted by Gasteiger charge is 2.27. The summed E-state index contributed by atoms with van der Waals surface area (Å²) in [6, 6.07) is 6.25. The number of aromatic nitrogens is 5. The fraction of sp³-hybridized carbons (Fsp3) is 0.417. The largest absolute Gasteiger partial charge is 0.479 e. The Morgan fingerprint density at radius 3 is 2.67 bits per heavy atom. The fourth-order valence-electron chi connectivity index (χ4n) is 4.61. The molecule has 0 unspecified atom stereocenters. The Labute approximate surface area is 192 Å². The predicted octanol–water partition coefficient (Wildman–Crippen LogP) is 3.79. The minimum absolute atomic E-state index is 0.174. The summed E-state index contributed by atoms with van der Waals surface area (Å²) in [5.74, 6) is 0.898. The number of carbonyl (C=O) groups excluding carboxylic acids is 1. The van der Waals surface area contributed by atoms with Crippen molar-refractivity contribution in [2.75, 3.05) is 19.5 Å². The van der Waals surface area contributed by atoms with E-state index in [-0.39, 0.29) is 5.91 Å². The maximum absolute atomic E-state index is 12.2. The van der Waals surface area contributed by atoms with Gasteiger partial charge >= 0.3 is 0 Å². The molecule has 33 heavy (non-hydrogen) atoms. The lowest BCUT2D eigenvalue weighted by Crippen LogP contribution is -2.30. The maximum atomic E-state index is 12.2. The quantitative estimate of drug-likeness (QED) is 0.483. The van der Waals surface area contributed by atoms with E-state index in [1.165, 1.54) is 12.8 Å². The van der Waals surface area contributed by atoms with Crippen molar-refractivity contribution in [2.45, 2.75) is 45.6 Å². The second-order valence-corrected chi connectivity index (χ2v) is 9.43. The Balaban J connectivity index is 1.51. The summed E-state index contributed by atoms with van der Waals surface area (Å²) in [4.78, 5) is 16.9. The molecule has 1 saturated carbocycles. The van der Waals surface area contributed by atoms with Crippen LogP contribution in [0.15, 0.2) is 36.8 Å². The SMILES string of the molecule is CNC(=O)c1cnn2ccc(-c3ccn4nc(NC5CCC(C)(C)CC5)nc(OC)c34)cc12. The van der Waals surface area contributed by atoms with Crippen LogP contribution in [0.1, 0.15) is 49.9 Å². The Morgan fingerprint density at radius 2 is 1.94 bits per heavy atom. The van der Waals surface area contributed by atoms with E-state index in [2.05, 4.69) is 34.6 Å². The van der Waals surface area contributed by atoms with E-state index < -0.39 is 0 Å². The van der Waals surface area contributed by atoms with Crippen molar-refractivity contribution in [3.63, 3.8) is 0 Å². The molecule has 9 nitrogen and oxygen atoms in total. The van der Waals surface area contributed by atoms with Gasteiger partial charge in [-0.05, 0) is 54.9 Å². The molecular formula is C24H29N7O2. The normalized spacial score (nSPS) is 16.2. The van der Waals surface area contributed by atoms with E-state index in [9.17, 15) is 4.79 Å². The first-order valence-electron chi connectivity index (χ1n) is 11.3. The van der Waals surface area contributed by atoms with Crippen molar-refractivity contribution in [3.05, 3.63) is 42.4 Å². The van der Waals surface area contributed by atoms with Gasteiger partial charge in [-0.15, -0.1) is 5.10 Å². The zero-order chi connectivity index (χ0) is 23.2. The highest BCUT2D eigenvalue weighted by molar-refractivity contribution is 6.01. The molecule has 0 bridgehead atoms. The molecule has 1 aliphatic rings. The lowest BCUT2D eigenvalue weighted by Gasteiger charge is -2.34. The number of nitrogens with zero attached hydrogens (tertiary/aromatic N) is 5. The molecule has 9 heteroatoms. The van der Waals surface area contributed by atoms with Crippen molar-refractivity contribution in [2.24, 2.45) is 5.41 Å². The number of ether oxygens (including phenoxy) is 1. The van der Waals surface area contributed by atoms with E-state index in [1.807, 2.05) is 30.6 Å². The Kier molecular flexibility index (Phi) is 5.19. The van der Waals surface area contributed by atoms with Gasteiger partial charge in [-0.1, -0.05) is 13.8 Å². The third-order valence-corrected chi connectivity index (χ3v) is 6.65. The van der Waals surface area contributed by atoms with Crippen LogP contribution in [0, 0.1) is 5.41 Å². The summed E-state index contributed by atoms with van der Waals surface area (Å²) >= 11 is 0. The third kappa shape index (κ3) is 3.88. The summed E-state index contributed by atoms with van der Waals surface area (Å²) < 4.78 is 9.16. The van der Waals surface area contributed by atoms with Gasteiger partial charge in [0.2, 0.25) is 11.8 Å². The lowest BCUT2D eigenvalue weighted by atomic mass is 9.76. The number of carbonyl (C=O) groups is 1. The van der Waals surface area contributed by atoms with Gasteiger partial charge in [0.15, 0.2) is 0 Å². The van der Waals surface area contributed by atoms with Crippen LogP contribution >= 0.6 is 0 Å². The molecule has 4 heterocycles. The number of nitrogens with one attached hydrogen (secondary N) is 2. The first kappa shape index (κ1) is 21.2. The molecule has 0 aliphatic heterocycles. The maximum Gasteiger partial charge on any atom is 0.254 e. The van der Waals surface area contributed by atoms with Gasteiger partial charge in [0.05, 0.1) is 24.4 Å². The number of methoxy groups -OCH3 is 1. The Morgan fingerprint density at radius 1 is 1.18 bits per heavy atom. The summed E-state index contributed by atoms with van der Waals surface area (Å²) in [5, 5.41) is 15.1. The van der Waals surface area contributed by atoms with E-state index in [0.29, 0.717) is 28.8 Å². The summed E-state index contributed by atoms with van der Waals surface area (Å²) in [6.07, 6.45) is 9.90. The van der Waals surface area contributed by atoms with Crippen molar-refractivity contribution in [1.82, 2.24) is 29.5 Å². The molecule has 0 saturated heterocycles. The molecule has 0 spiro atoms. The molecule has 0 aromatic carbocycles. The van der Waals surface area contributed by atoms with Crippen LogP contribution in [0.2, 0.25) is 0 Å². The number of anilines is 1. The van der Waals surface area contributed by atoms with Crippen LogP contribution in [-0.2, 0) is 0 Å².